The minimum atomic E-state index is -0.235. The summed E-state index contributed by atoms with van der Waals surface area (Å²) < 4.78 is 10.5. The molecule has 1 aromatic rings. The van der Waals surface area contributed by atoms with Gasteiger partial charge in [0.05, 0.1) is 18.8 Å². The van der Waals surface area contributed by atoms with Crippen molar-refractivity contribution in [2.45, 2.75) is 19.0 Å². The van der Waals surface area contributed by atoms with Gasteiger partial charge in [0, 0.05) is 13.1 Å². The zero-order chi connectivity index (χ0) is 13.4. The molecule has 1 saturated heterocycles. The summed E-state index contributed by atoms with van der Waals surface area (Å²) in [6.07, 6.45) is 0.703. The topological polar surface area (TPSA) is 42.0 Å². The number of benzene rings is 1. The minimum Gasteiger partial charge on any atom is -0.497 e. The fraction of sp³-hybridized carbons (Fsp3) is 0.500. The Kier molecular flexibility index (Phi) is 3.06. The second kappa shape index (κ2) is 4.74. The second-order valence-corrected chi connectivity index (χ2v) is 5.12. The number of cyclic esters (lactones) is 1. The van der Waals surface area contributed by atoms with Crippen molar-refractivity contribution >= 4 is 11.8 Å². The first kappa shape index (κ1) is 12.3. The summed E-state index contributed by atoms with van der Waals surface area (Å²) in [7, 11) is 3.75. The molecule has 1 aromatic carbocycles. The van der Waals surface area contributed by atoms with Gasteiger partial charge in [0.25, 0.3) is 0 Å². The van der Waals surface area contributed by atoms with Crippen molar-refractivity contribution in [1.82, 2.24) is 4.90 Å². The highest BCUT2D eigenvalue weighted by atomic mass is 16.6. The highest BCUT2D eigenvalue weighted by Crippen LogP contribution is 2.33. The Morgan fingerprint density at radius 2 is 2.26 bits per heavy atom. The van der Waals surface area contributed by atoms with Crippen LogP contribution in [-0.4, -0.2) is 44.3 Å². The first-order valence-electron chi connectivity index (χ1n) is 6.50. The van der Waals surface area contributed by atoms with Crippen LogP contribution < -0.4 is 9.64 Å². The molecular weight excluding hydrogens is 244 g/mol. The van der Waals surface area contributed by atoms with Crippen LogP contribution in [0.5, 0.6) is 5.75 Å². The Hall–Kier alpha value is -1.75. The molecule has 2 aliphatic heterocycles. The number of hydrogen-bond acceptors (Lipinski definition) is 4. The zero-order valence-corrected chi connectivity index (χ0v) is 11.3. The van der Waals surface area contributed by atoms with E-state index in [0.717, 1.165) is 36.5 Å². The maximum Gasteiger partial charge on any atom is 0.414 e. The standard InChI is InChI=1S/C14H18N2O3/c1-15-6-5-11-9-19-14(17)16(11)13-4-3-12(18-2)7-10(13)8-15/h3-4,7,11H,5-6,8-9H2,1-2H3/t11-/m0/s1. The van der Waals surface area contributed by atoms with E-state index in [2.05, 4.69) is 11.9 Å². The van der Waals surface area contributed by atoms with Crippen molar-refractivity contribution in [3.8, 4) is 5.75 Å². The smallest absolute Gasteiger partial charge is 0.414 e. The van der Waals surface area contributed by atoms with Crippen LogP contribution in [0.3, 0.4) is 0 Å². The third kappa shape index (κ3) is 2.14. The van der Waals surface area contributed by atoms with Gasteiger partial charge in [-0.1, -0.05) is 0 Å². The summed E-state index contributed by atoms with van der Waals surface area (Å²) in [6, 6.07) is 5.98. The Bertz CT molecular complexity index is 503. The van der Waals surface area contributed by atoms with Gasteiger partial charge in [-0.05, 0) is 37.2 Å². The molecule has 5 nitrogen and oxygen atoms in total. The Morgan fingerprint density at radius 1 is 1.42 bits per heavy atom. The molecule has 19 heavy (non-hydrogen) atoms. The summed E-state index contributed by atoms with van der Waals surface area (Å²) in [5.41, 5.74) is 2.05. The number of ether oxygens (including phenoxy) is 2. The molecule has 5 heteroatoms. The molecule has 0 unspecified atom stereocenters. The fourth-order valence-corrected chi connectivity index (χ4v) is 2.76. The molecule has 0 radical (unpaired) electrons. The van der Waals surface area contributed by atoms with Crippen molar-refractivity contribution < 1.29 is 14.3 Å². The number of hydrogen-bond donors (Lipinski definition) is 0. The molecule has 0 N–H and O–H groups in total. The third-order valence-electron chi connectivity index (χ3n) is 3.79. The molecule has 0 saturated carbocycles. The molecule has 1 atom stereocenters. The number of methoxy groups -OCH3 is 1. The quantitative estimate of drug-likeness (QED) is 0.774. The average Bonchev–Trinajstić information content (AvgIpc) is 2.75. The number of carbonyl (C=O) groups is 1. The van der Waals surface area contributed by atoms with Gasteiger partial charge in [0.1, 0.15) is 12.4 Å². The van der Waals surface area contributed by atoms with Crippen molar-refractivity contribution in [2.24, 2.45) is 0 Å². The number of carbonyl (C=O) groups excluding carboxylic acids is 1. The predicted octanol–water partition coefficient (Wildman–Crippen LogP) is 1.86. The first-order chi connectivity index (χ1) is 9.19. The van der Waals surface area contributed by atoms with E-state index in [1.165, 1.54) is 0 Å². The molecule has 1 fully saturated rings. The normalized spacial score (nSPS) is 23.2. The lowest BCUT2D eigenvalue weighted by molar-refractivity contribution is 0.178. The first-order valence-corrected chi connectivity index (χ1v) is 6.50. The van der Waals surface area contributed by atoms with Crippen LogP contribution in [0.4, 0.5) is 10.5 Å². The summed E-state index contributed by atoms with van der Waals surface area (Å²) in [4.78, 5) is 16.0. The minimum absolute atomic E-state index is 0.141. The molecule has 0 aliphatic carbocycles. The highest BCUT2D eigenvalue weighted by molar-refractivity contribution is 5.91. The predicted molar refractivity (Wildman–Crippen MR) is 71.6 cm³/mol. The van der Waals surface area contributed by atoms with E-state index in [-0.39, 0.29) is 12.1 Å². The van der Waals surface area contributed by atoms with Gasteiger partial charge >= 0.3 is 6.09 Å². The van der Waals surface area contributed by atoms with Crippen molar-refractivity contribution in [3.05, 3.63) is 23.8 Å². The Morgan fingerprint density at radius 3 is 3.05 bits per heavy atom. The average molecular weight is 262 g/mol. The lowest BCUT2D eigenvalue weighted by Crippen LogP contribution is -2.39. The summed E-state index contributed by atoms with van der Waals surface area (Å²) in [5.74, 6) is 0.817. The van der Waals surface area contributed by atoms with Crippen molar-refractivity contribution in [3.63, 3.8) is 0 Å². The van der Waals surface area contributed by atoms with E-state index >= 15 is 0 Å². The molecule has 0 aromatic heterocycles. The molecule has 2 heterocycles. The van der Waals surface area contributed by atoms with E-state index in [9.17, 15) is 4.79 Å². The summed E-state index contributed by atoms with van der Waals surface area (Å²) >= 11 is 0. The Balaban J connectivity index is 2.06. The van der Waals surface area contributed by atoms with Gasteiger partial charge in [-0.15, -0.1) is 0 Å². The van der Waals surface area contributed by atoms with Gasteiger partial charge in [-0.2, -0.15) is 0 Å². The maximum atomic E-state index is 11.9. The molecule has 2 aliphatic rings. The molecular formula is C14H18N2O3. The van der Waals surface area contributed by atoms with Crippen LogP contribution in [0.25, 0.3) is 0 Å². The monoisotopic (exact) mass is 262 g/mol. The number of fused-ring (bicyclic) bond motifs is 3. The Labute approximate surface area is 112 Å². The molecule has 102 valence electrons. The van der Waals surface area contributed by atoms with Crippen LogP contribution in [0.15, 0.2) is 18.2 Å². The zero-order valence-electron chi connectivity index (χ0n) is 11.3. The van der Waals surface area contributed by atoms with Gasteiger partial charge in [-0.25, -0.2) is 4.79 Å². The number of anilines is 1. The van der Waals surface area contributed by atoms with E-state index in [0.29, 0.717) is 6.61 Å². The third-order valence-corrected chi connectivity index (χ3v) is 3.79. The molecule has 0 spiro atoms. The van der Waals surface area contributed by atoms with Crippen molar-refractivity contribution in [2.75, 3.05) is 32.2 Å². The van der Waals surface area contributed by atoms with Gasteiger partial charge in [0.2, 0.25) is 0 Å². The summed E-state index contributed by atoms with van der Waals surface area (Å²) in [5, 5.41) is 0. The largest absolute Gasteiger partial charge is 0.497 e. The molecule has 0 bridgehead atoms. The number of nitrogens with zero attached hydrogens (tertiary/aromatic N) is 2. The van der Waals surface area contributed by atoms with E-state index in [4.69, 9.17) is 9.47 Å². The maximum absolute atomic E-state index is 11.9. The van der Waals surface area contributed by atoms with Crippen LogP contribution >= 0.6 is 0 Å². The van der Waals surface area contributed by atoms with Crippen LogP contribution in [0.1, 0.15) is 12.0 Å². The van der Waals surface area contributed by atoms with E-state index in [1.54, 1.807) is 12.0 Å². The van der Waals surface area contributed by atoms with E-state index in [1.807, 2.05) is 18.2 Å². The lowest BCUT2D eigenvalue weighted by Gasteiger charge is -2.30. The van der Waals surface area contributed by atoms with Crippen LogP contribution in [0.2, 0.25) is 0 Å². The van der Waals surface area contributed by atoms with Crippen LogP contribution in [0, 0.1) is 0 Å². The van der Waals surface area contributed by atoms with E-state index < -0.39 is 0 Å². The fourth-order valence-electron chi connectivity index (χ4n) is 2.76. The highest BCUT2D eigenvalue weighted by Gasteiger charge is 2.36. The molecule has 1 amide bonds. The molecule has 3 rings (SSSR count). The SMILES string of the molecule is COc1ccc2c(c1)CN(C)CC[C@H]1COC(=O)N21. The number of amides is 1. The summed E-state index contributed by atoms with van der Waals surface area (Å²) in [6.45, 7) is 2.25. The van der Waals surface area contributed by atoms with Gasteiger partial charge in [-0.3, -0.25) is 4.90 Å². The van der Waals surface area contributed by atoms with Crippen molar-refractivity contribution in [1.29, 1.82) is 0 Å². The second-order valence-electron chi connectivity index (χ2n) is 5.12. The lowest BCUT2D eigenvalue weighted by atomic mass is 10.1. The van der Waals surface area contributed by atoms with Gasteiger partial charge in [0.15, 0.2) is 0 Å². The van der Waals surface area contributed by atoms with Gasteiger partial charge < -0.3 is 14.4 Å². The van der Waals surface area contributed by atoms with Crippen LogP contribution in [-0.2, 0) is 11.3 Å². The number of rotatable bonds is 1.